The maximum absolute atomic E-state index is 13.5. The highest BCUT2D eigenvalue weighted by atomic mass is 16.7. The van der Waals surface area contributed by atoms with E-state index >= 15 is 0 Å². The topological polar surface area (TPSA) is 44.8 Å². The normalized spacial score (nSPS) is 23.9. The van der Waals surface area contributed by atoms with Crippen molar-refractivity contribution in [3.8, 4) is 5.75 Å². The lowest BCUT2D eigenvalue weighted by Crippen LogP contribution is -2.43. The summed E-state index contributed by atoms with van der Waals surface area (Å²) in [6.45, 7) is 25.6. The van der Waals surface area contributed by atoms with E-state index < -0.39 is 5.79 Å². The highest BCUT2D eigenvalue weighted by Crippen LogP contribution is 2.54. The quantitative estimate of drug-likeness (QED) is 0.254. The van der Waals surface area contributed by atoms with Crippen molar-refractivity contribution in [2.75, 3.05) is 7.11 Å². The molecular weight excluding hydrogens is 412 g/mol. The van der Waals surface area contributed by atoms with E-state index in [1.165, 1.54) is 0 Å². The molecule has 0 radical (unpaired) electrons. The van der Waals surface area contributed by atoms with Crippen LogP contribution in [-0.4, -0.2) is 18.9 Å². The fourth-order valence-electron chi connectivity index (χ4n) is 4.39. The number of hydrogen-bond donors (Lipinski definition) is 0. The van der Waals surface area contributed by atoms with E-state index in [0.717, 1.165) is 22.3 Å². The minimum atomic E-state index is -0.977. The zero-order valence-corrected chi connectivity index (χ0v) is 22.9. The van der Waals surface area contributed by atoms with Crippen LogP contribution in [0.15, 0.2) is 29.5 Å². The van der Waals surface area contributed by atoms with Gasteiger partial charge in [-0.05, 0) is 34.0 Å². The zero-order valence-electron chi connectivity index (χ0n) is 22.9. The standard InChI is InChI=1S/C29H42O4/c1-25(2,3)17-14-18-21(24(30)32-22(18)19(15-17)26(4,5)6)23-20(27(7,8)9)16-29(31-13,33-23)28(10,11)12/h14-16H,1-13H3. The summed E-state index contributed by atoms with van der Waals surface area (Å²) < 4.78 is 18.6. The molecule has 4 heteroatoms. The summed E-state index contributed by atoms with van der Waals surface area (Å²) in [7, 11) is 1.66. The summed E-state index contributed by atoms with van der Waals surface area (Å²) in [4.78, 5) is 13.5. The second-order valence-corrected chi connectivity index (χ2v) is 13.5. The number of allylic oxidation sites excluding steroid dienone is 1. The molecule has 0 saturated heterocycles. The molecule has 2 aliphatic rings. The Balaban J connectivity index is 2.41. The third-order valence-electron chi connectivity index (χ3n) is 6.65. The van der Waals surface area contributed by atoms with E-state index in [1.807, 2.05) is 0 Å². The third-order valence-corrected chi connectivity index (χ3v) is 6.65. The van der Waals surface area contributed by atoms with Crippen molar-refractivity contribution in [2.24, 2.45) is 10.8 Å². The van der Waals surface area contributed by atoms with Crippen LogP contribution in [0.2, 0.25) is 0 Å². The lowest BCUT2D eigenvalue weighted by atomic mass is 9.77. The number of carbonyl (C=O) groups is 1. The molecule has 1 aromatic rings. The molecule has 0 saturated carbocycles. The van der Waals surface area contributed by atoms with Gasteiger partial charge >= 0.3 is 5.97 Å². The number of ether oxygens (including phenoxy) is 3. The van der Waals surface area contributed by atoms with E-state index in [1.54, 1.807) is 7.11 Å². The van der Waals surface area contributed by atoms with Gasteiger partial charge in [-0.1, -0.05) is 89.2 Å². The van der Waals surface area contributed by atoms with Gasteiger partial charge < -0.3 is 14.2 Å². The van der Waals surface area contributed by atoms with Crippen molar-refractivity contribution in [2.45, 2.75) is 99.7 Å². The van der Waals surface area contributed by atoms with Crippen LogP contribution in [0.3, 0.4) is 0 Å². The Morgan fingerprint density at radius 1 is 0.818 bits per heavy atom. The second-order valence-electron chi connectivity index (χ2n) is 13.5. The number of carbonyl (C=O) groups excluding carboxylic acids is 1. The van der Waals surface area contributed by atoms with E-state index in [2.05, 4.69) is 101 Å². The molecule has 0 aromatic heterocycles. The van der Waals surface area contributed by atoms with Gasteiger partial charge in [-0.25, -0.2) is 4.79 Å². The lowest BCUT2D eigenvalue weighted by Gasteiger charge is -2.38. The minimum Gasteiger partial charge on any atom is -0.457 e. The van der Waals surface area contributed by atoms with Crippen LogP contribution < -0.4 is 4.74 Å². The fourth-order valence-corrected chi connectivity index (χ4v) is 4.39. The average Bonchev–Trinajstić information content (AvgIpc) is 3.16. The first-order chi connectivity index (χ1) is 14.7. The summed E-state index contributed by atoms with van der Waals surface area (Å²) in [6, 6.07) is 4.29. The SMILES string of the molecule is COC1(C(C)(C)C)C=C(C(C)(C)C)C(=C2C(=O)Oc3c2cc(C(C)(C)C)cc3C(C)(C)C)O1. The molecule has 0 bridgehead atoms. The summed E-state index contributed by atoms with van der Waals surface area (Å²) in [6.07, 6.45) is 2.05. The Morgan fingerprint density at radius 3 is 1.82 bits per heavy atom. The molecule has 4 nitrogen and oxygen atoms in total. The number of esters is 1. The van der Waals surface area contributed by atoms with Gasteiger partial charge in [-0.15, -0.1) is 0 Å². The molecule has 0 fully saturated rings. The summed E-state index contributed by atoms with van der Waals surface area (Å²) in [5.41, 5.74) is 3.56. The van der Waals surface area contributed by atoms with Crippen molar-refractivity contribution in [3.63, 3.8) is 0 Å². The first-order valence-corrected chi connectivity index (χ1v) is 11.9. The lowest BCUT2D eigenvalue weighted by molar-refractivity contribution is -0.211. The maximum Gasteiger partial charge on any atom is 0.348 e. The molecule has 182 valence electrons. The molecular formula is C29H42O4. The first-order valence-electron chi connectivity index (χ1n) is 11.9. The summed E-state index contributed by atoms with van der Waals surface area (Å²) in [5.74, 6) is -0.137. The Kier molecular flexibility index (Phi) is 5.78. The number of benzene rings is 1. The average molecular weight is 455 g/mol. The van der Waals surface area contributed by atoms with Gasteiger partial charge in [0.1, 0.15) is 17.1 Å². The molecule has 0 spiro atoms. The number of rotatable bonds is 1. The van der Waals surface area contributed by atoms with Crippen LogP contribution in [0.5, 0.6) is 5.75 Å². The molecule has 3 rings (SSSR count). The van der Waals surface area contributed by atoms with Gasteiger partial charge in [-0.2, -0.15) is 0 Å². The highest BCUT2D eigenvalue weighted by molar-refractivity contribution is 6.23. The van der Waals surface area contributed by atoms with Gasteiger partial charge in [0.05, 0.1) is 0 Å². The maximum atomic E-state index is 13.5. The molecule has 2 aliphatic heterocycles. The van der Waals surface area contributed by atoms with Crippen LogP contribution in [0.1, 0.15) is 99.8 Å². The van der Waals surface area contributed by atoms with E-state index in [-0.39, 0.29) is 27.6 Å². The van der Waals surface area contributed by atoms with Crippen molar-refractivity contribution >= 4 is 11.5 Å². The molecule has 1 aromatic carbocycles. The molecule has 2 heterocycles. The van der Waals surface area contributed by atoms with Crippen LogP contribution >= 0.6 is 0 Å². The van der Waals surface area contributed by atoms with Gasteiger partial charge in [0, 0.05) is 29.2 Å². The summed E-state index contributed by atoms with van der Waals surface area (Å²) >= 11 is 0. The van der Waals surface area contributed by atoms with E-state index in [9.17, 15) is 4.79 Å². The Labute approximate surface area is 200 Å². The third kappa shape index (κ3) is 4.27. The Bertz CT molecular complexity index is 1040. The van der Waals surface area contributed by atoms with Crippen molar-refractivity contribution < 1.29 is 19.0 Å². The molecule has 0 aliphatic carbocycles. The fraction of sp³-hybridized carbons (Fsp3) is 0.621. The molecule has 0 N–H and O–H groups in total. The Hall–Kier alpha value is -2.07. The van der Waals surface area contributed by atoms with Crippen molar-refractivity contribution in [3.05, 3.63) is 46.2 Å². The smallest absolute Gasteiger partial charge is 0.348 e. The number of methoxy groups -OCH3 is 1. The van der Waals surface area contributed by atoms with Crippen molar-refractivity contribution in [1.82, 2.24) is 0 Å². The number of hydrogen-bond acceptors (Lipinski definition) is 4. The zero-order chi connectivity index (χ0) is 25.4. The van der Waals surface area contributed by atoms with Gasteiger partial charge in [0.2, 0.25) is 5.79 Å². The van der Waals surface area contributed by atoms with Gasteiger partial charge in [-0.3, -0.25) is 0 Å². The molecule has 33 heavy (non-hydrogen) atoms. The second kappa shape index (κ2) is 7.46. The largest absolute Gasteiger partial charge is 0.457 e. The van der Waals surface area contributed by atoms with Crippen molar-refractivity contribution in [1.29, 1.82) is 0 Å². The van der Waals surface area contributed by atoms with Crippen LogP contribution in [0.4, 0.5) is 0 Å². The molecule has 1 unspecified atom stereocenters. The first kappa shape index (κ1) is 25.6. The van der Waals surface area contributed by atoms with Gasteiger partial charge in [0.15, 0.2) is 0 Å². The predicted molar refractivity (Wildman–Crippen MR) is 134 cm³/mol. The van der Waals surface area contributed by atoms with Crippen LogP contribution in [0, 0.1) is 10.8 Å². The Morgan fingerprint density at radius 2 is 1.39 bits per heavy atom. The summed E-state index contributed by atoms with van der Waals surface area (Å²) in [5, 5.41) is 0. The van der Waals surface area contributed by atoms with E-state index in [4.69, 9.17) is 14.2 Å². The highest BCUT2D eigenvalue weighted by Gasteiger charge is 2.52. The monoisotopic (exact) mass is 454 g/mol. The van der Waals surface area contributed by atoms with Crippen LogP contribution in [0.25, 0.3) is 5.57 Å². The predicted octanol–water partition coefficient (Wildman–Crippen LogP) is 7.30. The van der Waals surface area contributed by atoms with Gasteiger partial charge in [0.25, 0.3) is 0 Å². The molecule has 0 amide bonds. The van der Waals surface area contributed by atoms with E-state index in [0.29, 0.717) is 17.1 Å². The molecule has 1 atom stereocenters. The van der Waals surface area contributed by atoms with Crippen LogP contribution in [-0.2, 0) is 25.1 Å². The number of fused-ring (bicyclic) bond motifs is 1. The minimum absolute atomic E-state index is 0.0859.